The molecule has 1 atom stereocenters. The quantitative estimate of drug-likeness (QED) is 0.542. The van der Waals surface area contributed by atoms with E-state index in [0.717, 1.165) is 31.3 Å². The molecular formula is C11H14O. The van der Waals surface area contributed by atoms with Gasteiger partial charge < -0.3 is 0 Å². The van der Waals surface area contributed by atoms with E-state index >= 15 is 0 Å². The first-order valence-electron chi connectivity index (χ1n) is 4.68. The third kappa shape index (κ3) is 1.13. The molecule has 0 radical (unpaired) electrons. The molecule has 64 valence electrons. The van der Waals surface area contributed by atoms with Crippen LogP contribution < -0.4 is 0 Å². The molecule has 0 amide bonds. The summed E-state index contributed by atoms with van der Waals surface area (Å²) in [4.78, 5) is 11.5. The van der Waals surface area contributed by atoms with Gasteiger partial charge in [-0.1, -0.05) is 17.7 Å². The largest absolute Gasteiger partial charge is 0.295 e. The van der Waals surface area contributed by atoms with Crippen molar-refractivity contribution in [3.05, 3.63) is 23.3 Å². The highest BCUT2D eigenvalue weighted by molar-refractivity contribution is 5.99. The van der Waals surface area contributed by atoms with Gasteiger partial charge >= 0.3 is 0 Å². The fourth-order valence-electron chi connectivity index (χ4n) is 2.20. The number of Topliss-reactive ketones (excluding diaryl/α,β-unsaturated/α-hetero) is 1. The minimum atomic E-state index is 0.393. The van der Waals surface area contributed by atoms with Gasteiger partial charge in [0, 0.05) is 17.9 Å². The second kappa shape index (κ2) is 2.89. The second-order valence-electron chi connectivity index (χ2n) is 3.73. The molecule has 12 heavy (non-hydrogen) atoms. The Labute approximate surface area is 73.2 Å². The van der Waals surface area contributed by atoms with Crippen molar-refractivity contribution in [3.63, 3.8) is 0 Å². The lowest BCUT2D eigenvalue weighted by Crippen LogP contribution is -2.05. The number of carbonyl (C=O) groups excluding carboxylic acids is 1. The molecule has 0 saturated heterocycles. The van der Waals surface area contributed by atoms with Gasteiger partial charge in [-0.25, -0.2) is 0 Å². The summed E-state index contributed by atoms with van der Waals surface area (Å²) in [6.45, 7) is 2.10. The first-order valence-corrected chi connectivity index (χ1v) is 4.68. The third-order valence-electron chi connectivity index (χ3n) is 2.87. The van der Waals surface area contributed by atoms with Gasteiger partial charge in [0.05, 0.1) is 0 Å². The number of hydrogen-bond acceptors (Lipinski definition) is 1. The molecule has 2 aliphatic carbocycles. The molecule has 0 spiro atoms. The molecule has 0 aromatic heterocycles. The molecule has 2 rings (SSSR count). The van der Waals surface area contributed by atoms with E-state index in [1.165, 1.54) is 5.57 Å². The Balaban J connectivity index is 2.26. The average Bonchev–Trinajstić information content (AvgIpc) is 2.61. The van der Waals surface area contributed by atoms with Crippen LogP contribution in [0.25, 0.3) is 0 Å². The zero-order valence-electron chi connectivity index (χ0n) is 7.47. The van der Waals surface area contributed by atoms with Crippen LogP contribution in [0, 0.1) is 5.92 Å². The van der Waals surface area contributed by atoms with Crippen molar-refractivity contribution < 1.29 is 4.79 Å². The first-order chi connectivity index (χ1) is 5.79. The lowest BCUT2D eigenvalue weighted by atomic mass is 9.95. The van der Waals surface area contributed by atoms with Crippen molar-refractivity contribution in [2.45, 2.75) is 32.6 Å². The van der Waals surface area contributed by atoms with Crippen LogP contribution >= 0.6 is 0 Å². The van der Waals surface area contributed by atoms with Gasteiger partial charge in [0.25, 0.3) is 0 Å². The van der Waals surface area contributed by atoms with Crippen molar-refractivity contribution in [2.24, 2.45) is 5.92 Å². The van der Waals surface area contributed by atoms with Crippen LogP contribution in [0.5, 0.6) is 0 Å². The van der Waals surface area contributed by atoms with Gasteiger partial charge in [-0.2, -0.15) is 0 Å². The van der Waals surface area contributed by atoms with E-state index in [2.05, 4.69) is 19.1 Å². The van der Waals surface area contributed by atoms with Crippen molar-refractivity contribution >= 4 is 5.78 Å². The molecule has 0 aromatic carbocycles. The van der Waals surface area contributed by atoms with Gasteiger partial charge in [0.1, 0.15) is 0 Å². The zero-order valence-corrected chi connectivity index (χ0v) is 7.47. The molecule has 0 unspecified atom stereocenters. The fraction of sp³-hybridized carbons (Fsp3) is 0.545. The third-order valence-corrected chi connectivity index (χ3v) is 2.87. The fourth-order valence-corrected chi connectivity index (χ4v) is 2.20. The van der Waals surface area contributed by atoms with Crippen LogP contribution in [-0.2, 0) is 4.79 Å². The van der Waals surface area contributed by atoms with E-state index in [1.54, 1.807) is 0 Å². The van der Waals surface area contributed by atoms with Crippen LogP contribution in [0.15, 0.2) is 23.3 Å². The smallest absolute Gasteiger partial charge is 0.159 e. The second-order valence-corrected chi connectivity index (χ2v) is 3.73. The van der Waals surface area contributed by atoms with E-state index in [9.17, 15) is 4.79 Å². The summed E-state index contributed by atoms with van der Waals surface area (Å²) in [5.74, 6) is 0.851. The highest BCUT2D eigenvalue weighted by Gasteiger charge is 2.26. The SMILES string of the molecule is CC1=C([C@H]2C=CCC2)C(=O)CC1. The first kappa shape index (κ1) is 7.78. The standard InChI is InChI=1S/C11H14O/c1-8-6-7-10(12)11(8)9-4-2-3-5-9/h2,4,9H,3,5-7H2,1H3/t9-/m0/s1. The molecule has 0 saturated carbocycles. The van der Waals surface area contributed by atoms with Crippen LogP contribution in [0.4, 0.5) is 0 Å². The van der Waals surface area contributed by atoms with E-state index in [1.807, 2.05) is 0 Å². The Morgan fingerprint density at radius 3 is 2.75 bits per heavy atom. The monoisotopic (exact) mass is 162 g/mol. The summed E-state index contributed by atoms with van der Waals surface area (Å²) in [6, 6.07) is 0. The molecular weight excluding hydrogens is 148 g/mol. The number of carbonyl (C=O) groups is 1. The van der Waals surface area contributed by atoms with Crippen LogP contribution in [-0.4, -0.2) is 5.78 Å². The van der Waals surface area contributed by atoms with E-state index in [4.69, 9.17) is 0 Å². The average molecular weight is 162 g/mol. The van der Waals surface area contributed by atoms with E-state index < -0.39 is 0 Å². The van der Waals surface area contributed by atoms with Gasteiger partial charge in [-0.05, 0) is 26.2 Å². The Morgan fingerprint density at radius 1 is 1.42 bits per heavy atom. The Morgan fingerprint density at radius 2 is 2.25 bits per heavy atom. The Kier molecular flexibility index (Phi) is 1.87. The summed E-state index contributed by atoms with van der Waals surface area (Å²) >= 11 is 0. The zero-order chi connectivity index (χ0) is 8.55. The van der Waals surface area contributed by atoms with Crippen molar-refractivity contribution in [1.29, 1.82) is 0 Å². The predicted molar refractivity (Wildman–Crippen MR) is 48.8 cm³/mol. The number of ketones is 1. The Hall–Kier alpha value is -0.850. The minimum absolute atomic E-state index is 0.393. The summed E-state index contributed by atoms with van der Waals surface area (Å²) in [7, 11) is 0. The maximum absolute atomic E-state index is 11.5. The molecule has 1 nitrogen and oxygen atoms in total. The van der Waals surface area contributed by atoms with E-state index in [0.29, 0.717) is 11.7 Å². The summed E-state index contributed by atoms with van der Waals surface area (Å²) in [6.07, 6.45) is 8.44. The number of hydrogen-bond donors (Lipinski definition) is 0. The normalized spacial score (nSPS) is 29.1. The summed E-state index contributed by atoms with van der Waals surface area (Å²) in [5, 5.41) is 0. The topological polar surface area (TPSA) is 17.1 Å². The molecule has 1 heteroatoms. The molecule has 0 aromatic rings. The molecule has 0 heterocycles. The summed E-state index contributed by atoms with van der Waals surface area (Å²) < 4.78 is 0. The van der Waals surface area contributed by atoms with Gasteiger partial charge in [0.2, 0.25) is 0 Å². The molecule has 0 N–H and O–H groups in total. The molecule has 2 aliphatic rings. The minimum Gasteiger partial charge on any atom is -0.295 e. The van der Waals surface area contributed by atoms with E-state index in [-0.39, 0.29) is 0 Å². The van der Waals surface area contributed by atoms with Crippen LogP contribution in [0.3, 0.4) is 0 Å². The lowest BCUT2D eigenvalue weighted by Gasteiger charge is -2.08. The highest BCUT2D eigenvalue weighted by atomic mass is 16.1. The van der Waals surface area contributed by atoms with Gasteiger partial charge in [-0.3, -0.25) is 4.79 Å². The van der Waals surface area contributed by atoms with Crippen molar-refractivity contribution in [1.82, 2.24) is 0 Å². The lowest BCUT2D eigenvalue weighted by molar-refractivity contribution is -0.115. The molecule has 0 aliphatic heterocycles. The van der Waals surface area contributed by atoms with Crippen LogP contribution in [0.2, 0.25) is 0 Å². The molecule has 0 fully saturated rings. The number of allylic oxidation sites excluding steroid dienone is 4. The van der Waals surface area contributed by atoms with Crippen molar-refractivity contribution in [3.8, 4) is 0 Å². The predicted octanol–water partition coefficient (Wildman–Crippen LogP) is 2.63. The highest BCUT2D eigenvalue weighted by Crippen LogP contribution is 2.34. The molecule has 0 bridgehead atoms. The van der Waals surface area contributed by atoms with Crippen molar-refractivity contribution in [2.75, 3.05) is 0 Å². The Bertz CT molecular complexity index is 271. The number of rotatable bonds is 1. The van der Waals surface area contributed by atoms with Gasteiger partial charge in [-0.15, -0.1) is 0 Å². The summed E-state index contributed by atoms with van der Waals surface area (Å²) in [5.41, 5.74) is 2.46. The van der Waals surface area contributed by atoms with Gasteiger partial charge in [0.15, 0.2) is 5.78 Å². The van der Waals surface area contributed by atoms with Crippen LogP contribution in [0.1, 0.15) is 32.6 Å². The maximum atomic E-state index is 11.5. The maximum Gasteiger partial charge on any atom is 0.159 e.